The average Bonchev–Trinajstić information content (AvgIpc) is 1.66. The molecule has 0 aromatic carbocycles. The number of halogens is 1. The van der Waals surface area contributed by atoms with Crippen molar-refractivity contribution in [2.24, 2.45) is 0 Å². The Morgan fingerprint density at radius 1 is 1.62 bits per heavy atom. The van der Waals surface area contributed by atoms with E-state index in [0.29, 0.717) is 0 Å². The lowest BCUT2D eigenvalue weighted by atomic mass is 10.5. The van der Waals surface area contributed by atoms with Crippen LogP contribution in [0.4, 0.5) is 4.20 Å². The van der Waals surface area contributed by atoms with Gasteiger partial charge in [-0.25, -0.2) is 4.20 Å². The van der Waals surface area contributed by atoms with Crippen molar-refractivity contribution in [2.75, 3.05) is 26.4 Å². The molecule has 0 heterocycles. The van der Waals surface area contributed by atoms with Crippen LogP contribution in [0.3, 0.4) is 0 Å². The van der Waals surface area contributed by atoms with Crippen molar-refractivity contribution in [1.82, 2.24) is 5.32 Å². The zero-order chi connectivity index (χ0) is 6.41. The second-order valence-electron chi connectivity index (χ2n) is 1.79. The summed E-state index contributed by atoms with van der Waals surface area (Å²) in [6.07, 6.45) is 1.71. The van der Waals surface area contributed by atoms with Crippen LogP contribution in [0.2, 0.25) is 0 Å². The van der Waals surface area contributed by atoms with Crippen molar-refractivity contribution < 1.29 is 4.20 Å². The fraction of sp³-hybridized carbons (Fsp3) is 1.00. The van der Waals surface area contributed by atoms with Crippen LogP contribution in [0.5, 0.6) is 0 Å². The molecule has 1 nitrogen and oxygen atoms in total. The number of rotatable bonds is 4. The molecule has 0 fully saturated rings. The third-order valence-electron chi connectivity index (χ3n) is 0.893. The first-order valence-electron chi connectivity index (χ1n) is 2.79. The van der Waals surface area contributed by atoms with Crippen LogP contribution >= 0.6 is 8.23 Å². The molecular weight excluding hydrogens is 124 g/mol. The Bertz CT molecular complexity index is 49.7. The van der Waals surface area contributed by atoms with Gasteiger partial charge in [-0.15, -0.1) is 0 Å². The summed E-state index contributed by atoms with van der Waals surface area (Å²) in [5.41, 5.74) is 0. The van der Waals surface area contributed by atoms with E-state index in [1.54, 1.807) is 6.66 Å². The topological polar surface area (TPSA) is 12.0 Å². The van der Waals surface area contributed by atoms with Crippen LogP contribution in [-0.2, 0) is 0 Å². The summed E-state index contributed by atoms with van der Waals surface area (Å²) >= 11 is 0. The summed E-state index contributed by atoms with van der Waals surface area (Å²) in [5.74, 6) is 0. The van der Waals surface area contributed by atoms with Gasteiger partial charge in [0, 0.05) is 0 Å². The van der Waals surface area contributed by atoms with Crippen molar-refractivity contribution >= 4 is 8.23 Å². The van der Waals surface area contributed by atoms with Gasteiger partial charge < -0.3 is 5.32 Å². The minimum atomic E-state index is -1.15. The van der Waals surface area contributed by atoms with Gasteiger partial charge in [0.2, 0.25) is 0 Å². The van der Waals surface area contributed by atoms with Crippen LogP contribution in [-0.4, -0.2) is 26.4 Å². The molecule has 50 valence electrons. The van der Waals surface area contributed by atoms with Gasteiger partial charge in [0.1, 0.15) is 0 Å². The van der Waals surface area contributed by atoms with Crippen molar-refractivity contribution in [3.63, 3.8) is 0 Å². The van der Waals surface area contributed by atoms with E-state index in [-0.39, 0.29) is 0 Å². The molecule has 0 saturated carbocycles. The number of nitrogens with one attached hydrogen (secondary N) is 1. The summed E-state index contributed by atoms with van der Waals surface area (Å²) in [5, 5.41) is 2.97. The first kappa shape index (κ1) is 8.32. The Kier molecular flexibility index (Phi) is 5.67. The van der Waals surface area contributed by atoms with E-state index in [1.165, 1.54) is 0 Å². The summed E-state index contributed by atoms with van der Waals surface area (Å²) in [6, 6.07) is 0. The molecular formula is C5H13FNP. The van der Waals surface area contributed by atoms with Gasteiger partial charge in [0.15, 0.2) is 0 Å². The highest BCUT2D eigenvalue weighted by atomic mass is 31.2. The van der Waals surface area contributed by atoms with E-state index >= 15 is 0 Å². The highest BCUT2D eigenvalue weighted by molar-refractivity contribution is 7.51. The zero-order valence-corrected chi connectivity index (χ0v) is 6.34. The Hall–Kier alpha value is 0.320. The maximum absolute atomic E-state index is 12.1. The maximum Gasteiger partial charge on any atom is 0.0782 e. The minimum absolute atomic E-state index is 0.746. The number of hydrogen-bond acceptors (Lipinski definition) is 1. The van der Waals surface area contributed by atoms with Gasteiger partial charge in [-0.05, 0) is 32.8 Å². The van der Waals surface area contributed by atoms with E-state index in [1.807, 2.05) is 7.05 Å². The molecule has 1 N–H and O–H groups in total. The van der Waals surface area contributed by atoms with E-state index in [9.17, 15) is 4.20 Å². The molecule has 0 aliphatic heterocycles. The summed E-state index contributed by atoms with van der Waals surface area (Å²) in [7, 11) is 0.733. The Balaban J connectivity index is 2.72. The van der Waals surface area contributed by atoms with Crippen molar-refractivity contribution in [1.29, 1.82) is 0 Å². The largest absolute Gasteiger partial charge is 0.320 e. The summed E-state index contributed by atoms with van der Waals surface area (Å²) in [6.45, 7) is 2.60. The molecule has 1 unspecified atom stereocenters. The molecule has 0 amide bonds. The van der Waals surface area contributed by atoms with Gasteiger partial charge in [-0.2, -0.15) is 0 Å². The van der Waals surface area contributed by atoms with Gasteiger partial charge >= 0.3 is 0 Å². The zero-order valence-electron chi connectivity index (χ0n) is 5.45. The molecule has 0 aliphatic carbocycles. The summed E-state index contributed by atoms with van der Waals surface area (Å²) in [4.78, 5) is 0. The lowest BCUT2D eigenvalue weighted by molar-refractivity contribution is 0.764. The normalized spacial score (nSPS) is 13.9. The molecule has 0 saturated heterocycles. The summed E-state index contributed by atoms with van der Waals surface area (Å²) < 4.78 is 12.1. The van der Waals surface area contributed by atoms with E-state index in [4.69, 9.17) is 0 Å². The third-order valence-corrected chi connectivity index (χ3v) is 1.83. The van der Waals surface area contributed by atoms with E-state index in [0.717, 1.165) is 19.1 Å². The minimum Gasteiger partial charge on any atom is -0.320 e. The Morgan fingerprint density at radius 2 is 2.25 bits per heavy atom. The van der Waals surface area contributed by atoms with Crippen LogP contribution in [0.1, 0.15) is 6.42 Å². The van der Waals surface area contributed by atoms with Crippen molar-refractivity contribution in [3.8, 4) is 0 Å². The molecule has 8 heavy (non-hydrogen) atoms. The molecule has 0 aromatic rings. The lowest BCUT2D eigenvalue weighted by Crippen LogP contribution is -2.08. The van der Waals surface area contributed by atoms with Gasteiger partial charge in [0.25, 0.3) is 0 Å². The second-order valence-corrected chi connectivity index (χ2v) is 3.44. The predicted molar refractivity (Wildman–Crippen MR) is 37.4 cm³/mol. The lowest BCUT2D eigenvalue weighted by Gasteiger charge is -1.98. The Morgan fingerprint density at radius 3 is 2.62 bits per heavy atom. The van der Waals surface area contributed by atoms with Crippen molar-refractivity contribution in [3.05, 3.63) is 0 Å². The quantitative estimate of drug-likeness (QED) is 0.458. The van der Waals surface area contributed by atoms with Crippen LogP contribution < -0.4 is 5.32 Å². The maximum atomic E-state index is 12.1. The third kappa shape index (κ3) is 6.32. The molecule has 1 atom stereocenters. The molecule has 0 spiro atoms. The van der Waals surface area contributed by atoms with Gasteiger partial charge in [0.05, 0.1) is 8.23 Å². The molecule has 3 heteroatoms. The fourth-order valence-electron chi connectivity index (χ4n) is 0.474. The monoisotopic (exact) mass is 137 g/mol. The van der Waals surface area contributed by atoms with Gasteiger partial charge in [-0.1, -0.05) is 0 Å². The molecule has 0 aliphatic rings. The van der Waals surface area contributed by atoms with Crippen LogP contribution in [0.15, 0.2) is 0 Å². The smallest absolute Gasteiger partial charge is 0.0782 e. The first-order chi connectivity index (χ1) is 3.77. The predicted octanol–water partition coefficient (Wildman–Crippen LogP) is 1.59. The van der Waals surface area contributed by atoms with E-state index in [2.05, 4.69) is 5.32 Å². The fourth-order valence-corrected chi connectivity index (χ4v) is 1.07. The molecule has 0 rings (SSSR count). The highest BCUT2D eigenvalue weighted by Gasteiger charge is 1.94. The Labute approximate surface area is 51.5 Å². The number of hydrogen-bond donors (Lipinski definition) is 1. The van der Waals surface area contributed by atoms with Crippen LogP contribution in [0.25, 0.3) is 0 Å². The van der Waals surface area contributed by atoms with Crippen LogP contribution in [0, 0.1) is 0 Å². The SMILES string of the molecule is CNCCCP(C)F. The second kappa shape index (κ2) is 5.46. The molecule has 0 radical (unpaired) electrons. The van der Waals surface area contributed by atoms with E-state index < -0.39 is 8.23 Å². The standard InChI is InChI=1S/C5H13FNP/c1-7-4-3-5-8(2)6/h7H,3-5H2,1-2H3. The average molecular weight is 137 g/mol. The van der Waals surface area contributed by atoms with Gasteiger partial charge in [-0.3, -0.25) is 0 Å². The highest BCUT2D eigenvalue weighted by Crippen LogP contribution is 2.31. The molecule has 0 bridgehead atoms. The molecule has 0 aromatic heterocycles. The first-order valence-corrected chi connectivity index (χ1v) is 4.65. The van der Waals surface area contributed by atoms with Crippen molar-refractivity contribution in [2.45, 2.75) is 6.42 Å².